The molecule has 1 fully saturated rings. The molecule has 0 aliphatic carbocycles. The zero-order valence-corrected chi connectivity index (χ0v) is 12.2. The van der Waals surface area contributed by atoms with E-state index in [-0.39, 0.29) is 31.4 Å². The number of piperidine rings is 1. The van der Waals surface area contributed by atoms with Crippen LogP contribution in [0.4, 0.5) is 8.78 Å². The second kappa shape index (κ2) is 7.31. The highest BCUT2D eigenvalue weighted by molar-refractivity contribution is 5.84. The summed E-state index contributed by atoms with van der Waals surface area (Å²) < 4.78 is 31.2. The van der Waals surface area contributed by atoms with E-state index in [1.165, 1.54) is 19.2 Å². The van der Waals surface area contributed by atoms with Gasteiger partial charge in [0.2, 0.25) is 11.8 Å². The molecule has 1 aromatic carbocycles. The fraction of sp³-hybridized carbons (Fsp3) is 0.467. The maximum absolute atomic E-state index is 13.1. The lowest BCUT2D eigenvalue weighted by atomic mass is 9.90. The molecule has 0 radical (unpaired) electrons. The van der Waals surface area contributed by atoms with Gasteiger partial charge in [0.25, 0.3) is 0 Å². The molecule has 1 aliphatic rings. The standard InChI is InChI=1S/C15H18F2N2O3/c1-22-8-13-12(2-3-14(20)19-13)15(21)18-7-9-4-10(16)6-11(17)5-9/h4-6,12-13H,2-3,7-8H2,1H3,(H,18,21)(H,19,20)/t12-,13-/m1/s1. The molecular weight excluding hydrogens is 294 g/mol. The van der Waals surface area contributed by atoms with E-state index in [9.17, 15) is 18.4 Å². The summed E-state index contributed by atoms with van der Waals surface area (Å²) in [5, 5.41) is 5.37. The lowest BCUT2D eigenvalue weighted by Crippen LogP contribution is -2.52. The third kappa shape index (κ3) is 4.24. The zero-order chi connectivity index (χ0) is 16.1. The quantitative estimate of drug-likeness (QED) is 0.856. The Balaban J connectivity index is 1.96. The van der Waals surface area contributed by atoms with Gasteiger partial charge >= 0.3 is 0 Å². The summed E-state index contributed by atoms with van der Waals surface area (Å²) >= 11 is 0. The number of nitrogens with one attached hydrogen (secondary N) is 2. The number of amides is 2. The molecule has 7 heteroatoms. The predicted molar refractivity (Wildman–Crippen MR) is 74.7 cm³/mol. The number of carbonyl (C=O) groups excluding carboxylic acids is 2. The molecule has 0 aromatic heterocycles. The monoisotopic (exact) mass is 312 g/mol. The largest absolute Gasteiger partial charge is 0.383 e. The molecule has 2 N–H and O–H groups in total. The second-order valence-corrected chi connectivity index (χ2v) is 5.27. The number of benzene rings is 1. The molecule has 0 saturated carbocycles. The van der Waals surface area contributed by atoms with E-state index in [1.807, 2.05) is 0 Å². The number of rotatable bonds is 5. The molecule has 0 bridgehead atoms. The summed E-state index contributed by atoms with van der Waals surface area (Å²) in [6.07, 6.45) is 0.691. The fourth-order valence-corrected chi connectivity index (χ4v) is 2.55. The highest BCUT2D eigenvalue weighted by atomic mass is 19.1. The number of hydrogen-bond acceptors (Lipinski definition) is 3. The minimum atomic E-state index is -0.688. The van der Waals surface area contributed by atoms with Crippen molar-refractivity contribution in [3.63, 3.8) is 0 Å². The minimum absolute atomic E-state index is 0.0255. The van der Waals surface area contributed by atoms with Crippen molar-refractivity contribution in [1.29, 1.82) is 0 Å². The van der Waals surface area contributed by atoms with Gasteiger partial charge in [-0.1, -0.05) is 0 Å². The van der Waals surface area contributed by atoms with Gasteiger partial charge in [0, 0.05) is 26.1 Å². The number of methoxy groups -OCH3 is 1. The van der Waals surface area contributed by atoms with Gasteiger partial charge in [-0.3, -0.25) is 9.59 Å². The second-order valence-electron chi connectivity index (χ2n) is 5.27. The Bertz CT molecular complexity index is 545. The van der Waals surface area contributed by atoms with Crippen molar-refractivity contribution in [2.24, 2.45) is 5.92 Å². The summed E-state index contributed by atoms with van der Waals surface area (Å²) in [5.74, 6) is -2.18. The SMILES string of the molecule is COC[C@H]1NC(=O)CC[C@H]1C(=O)NCc1cc(F)cc(F)c1. The average molecular weight is 312 g/mol. The number of ether oxygens (including phenoxy) is 1. The van der Waals surface area contributed by atoms with Gasteiger partial charge in [0.05, 0.1) is 18.6 Å². The van der Waals surface area contributed by atoms with Crippen molar-refractivity contribution in [3.05, 3.63) is 35.4 Å². The van der Waals surface area contributed by atoms with Crippen LogP contribution in [0.25, 0.3) is 0 Å². The van der Waals surface area contributed by atoms with Crippen LogP contribution in [0, 0.1) is 17.6 Å². The van der Waals surface area contributed by atoms with Crippen molar-refractivity contribution in [2.45, 2.75) is 25.4 Å². The van der Waals surface area contributed by atoms with E-state index in [0.717, 1.165) is 6.07 Å². The van der Waals surface area contributed by atoms with Crippen molar-refractivity contribution in [3.8, 4) is 0 Å². The molecule has 2 rings (SSSR count). The summed E-state index contributed by atoms with van der Waals surface area (Å²) in [7, 11) is 1.49. The number of carbonyl (C=O) groups is 2. The maximum atomic E-state index is 13.1. The molecule has 0 unspecified atom stereocenters. The fourth-order valence-electron chi connectivity index (χ4n) is 2.55. The molecule has 1 saturated heterocycles. The Morgan fingerprint density at radius 1 is 1.36 bits per heavy atom. The number of hydrogen-bond donors (Lipinski definition) is 2. The van der Waals surface area contributed by atoms with Crippen LogP contribution in [-0.2, 0) is 20.9 Å². The summed E-state index contributed by atoms with van der Waals surface area (Å²) in [6, 6.07) is 2.71. The lowest BCUT2D eigenvalue weighted by molar-refractivity contribution is -0.132. The van der Waals surface area contributed by atoms with Gasteiger partial charge in [0.1, 0.15) is 11.6 Å². The molecule has 1 heterocycles. The van der Waals surface area contributed by atoms with Crippen molar-refractivity contribution in [2.75, 3.05) is 13.7 Å². The van der Waals surface area contributed by atoms with Crippen LogP contribution in [-0.4, -0.2) is 31.6 Å². The molecular formula is C15H18F2N2O3. The van der Waals surface area contributed by atoms with E-state index in [0.29, 0.717) is 12.0 Å². The first-order valence-electron chi connectivity index (χ1n) is 7.00. The molecule has 0 spiro atoms. The number of halogens is 2. The topological polar surface area (TPSA) is 67.4 Å². The average Bonchev–Trinajstić information content (AvgIpc) is 2.44. The Morgan fingerprint density at radius 3 is 2.68 bits per heavy atom. The van der Waals surface area contributed by atoms with Gasteiger partial charge in [-0.2, -0.15) is 0 Å². The van der Waals surface area contributed by atoms with Crippen LogP contribution in [0.5, 0.6) is 0 Å². The Hall–Kier alpha value is -2.02. The zero-order valence-electron chi connectivity index (χ0n) is 12.2. The third-order valence-electron chi connectivity index (χ3n) is 3.59. The molecule has 1 aromatic rings. The van der Waals surface area contributed by atoms with Crippen LogP contribution < -0.4 is 10.6 Å². The van der Waals surface area contributed by atoms with Gasteiger partial charge in [-0.05, 0) is 24.1 Å². The van der Waals surface area contributed by atoms with Crippen LogP contribution in [0.2, 0.25) is 0 Å². The van der Waals surface area contributed by atoms with Crippen molar-refractivity contribution in [1.82, 2.24) is 10.6 Å². The van der Waals surface area contributed by atoms with E-state index in [2.05, 4.69) is 10.6 Å². The van der Waals surface area contributed by atoms with Gasteiger partial charge in [-0.15, -0.1) is 0 Å². The van der Waals surface area contributed by atoms with E-state index in [1.54, 1.807) is 0 Å². The first-order chi connectivity index (χ1) is 10.5. The van der Waals surface area contributed by atoms with Crippen LogP contribution in [0.3, 0.4) is 0 Å². The first kappa shape index (κ1) is 16.4. The maximum Gasteiger partial charge on any atom is 0.225 e. The van der Waals surface area contributed by atoms with Gasteiger partial charge in [-0.25, -0.2) is 8.78 Å². The molecule has 5 nitrogen and oxygen atoms in total. The molecule has 2 atom stereocenters. The third-order valence-corrected chi connectivity index (χ3v) is 3.59. The highest BCUT2D eigenvalue weighted by Crippen LogP contribution is 2.18. The molecule has 120 valence electrons. The summed E-state index contributed by atoms with van der Waals surface area (Å²) in [6.45, 7) is 0.260. The van der Waals surface area contributed by atoms with E-state index in [4.69, 9.17) is 4.74 Å². The lowest BCUT2D eigenvalue weighted by Gasteiger charge is -2.30. The van der Waals surface area contributed by atoms with Gasteiger partial charge in [0.15, 0.2) is 0 Å². The van der Waals surface area contributed by atoms with Crippen molar-refractivity contribution < 1.29 is 23.1 Å². The molecule has 2 amide bonds. The summed E-state index contributed by atoms with van der Waals surface area (Å²) in [4.78, 5) is 23.6. The Labute approximate surface area is 127 Å². The predicted octanol–water partition coefficient (Wildman–Crippen LogP) is 1.12. The van der Waals surface area contributed by atoms with Crippen molar-refractivity contribution >= 4 is 11.8 Å². The van der Waals surface area contributed by atoms with E-state index >= 15 is 0 Å². The van der Waals surface area contributed by atoms with E-state index < -0.39 is 23.6 Å². The van der Waals surface area contributed by atoms with Crippen LogP contribution in [0.15, 0.2) is 18.2 Å². The molecule has 1 aliphatic heterocycles. The summed E-state index contributed by atoms with van der Waals surface area (Å²) in [5.41, 5.74) is 0.342. The van der Waals surface area contributed by atoms with Gasteiger partial charge < -0.3 is 15.4 Å². The first-order valence-corrected chi connectivity index (χ1v) is 7.00. The highest BCUT2D eigenvalue weighted by Gasteiger charge is 2.33. The smallest absolute Gasteiger partial charge is 0.225 e. The normalized spacial score (nSPS) is 21.3. The minimum Gasteiger partial charge on any atom is -0.383 e. The molecule has 22 heavy (non-hydrogen) atoms. The Morgan fingerprint density at radius 2 is 2.05 bits per heavy atom. The van der Waals surface area contributed by atoms with Crippen LogP contribution in [0.1, 0.15) is 18.4 Å². The Kier molecular flexibility index (Phi) is 5.43. The van der Waals surface area contributed by atoms with Crippen LogP contribution >= 0.6 is 0 Å².